The summed E-state index contributed by atoms with van der Waals surface area (Å²) in [6.45, 7) is 5.81. The molecule has 1 amide bonds. The van der Waals surface area contributed by atoms with E-state index in [1.807, 2.05) is 55.5 Å². The Morgan fingerprint density at radius 3 is 2.89 bits per heavy atom. The molecule has 0 unspecified atom stereocenters. The van der Waals surface area contributed by atoms with Gasteiger partial charge in [-0.25, -0.2) is 15.0 Å². The Bertz CT molecular complexity index is 1610. The van der Waals surface area contributed by atoms with Crippen molar-refractivity contribution in [1.82, 2.24) is 34.9 Å². The molecule has 0 saturated heterocycles. The van der Waals surface area contributed by atoms with Crippen LogP contribution in [0.25, 0.3) is 22.6 Å². The fourth-order valence-electron chi connectivity index (χ4n) is 3.56. The highest BCUT2D eigenvalue weighted by Crippen LogP contribution is 2.29. The van der Waals surface area contributed by atoms with E-state index in [-0.39, 0.29) is 5.91 Å². The summed E-state index contributed by atoms with van der Waals surface area (Å²) in [7, 11) is 0. The van der Waals surface area contributed by atoms with Gasteiger partial charge < -0.3 is 15.4 Å². The lowest BCUT2D eigenvalue weighted by atomic mass is 10.1. The van der Waals surface area contributed by atoms with E-state index >= 15 is 0 Å². The molecule has 5 aromatic rings. The molecule has 0 aliphatic rings. The molecule has 0 aliphatic heterocycles. The van der Waals surface area contributed by atoms with E-state index in [2.05, 4.69) is 42.4 Å². The number of fused-ring (bicyclic) bond motifs is 2. The van der Waals surface area contributed by atoms with Gasteiger partial charge in [-0.05, 0) is 54.5 Å². The Kier molecular flexibility index (Phi) is 6.31. The number of rotatable bonds is 8. The van der Waals surface area contributed by atoms with Gasteiger partial charge in [0.1, 0.15) is 30.5 Å². The number of benzene rings is 2. The molecule has 36 heavy (non-hydrogen) atoms. The zero-order chi connectivity index (χ0) is 24.9. The monoisotopic (exact) mass is 478 g/mol. The van der Waals surface area contributed by atoms with Gasteiger partial charge in [-0.15, -0.1) is 10.2 Å². The van der Waals surface area contributed by atoms with Gasteiger partial charge in [-0.3, -0.25) is 9.20 Å². The molecule has 3 aromatic heterocycles. The maximum Gasteiger partial charge on any atom is 0.243 e. The van der Waals surface area contributed by atoms with Crippen molar-refractivity contribution in [2.45, 2.75) is 6.92 Å². The third kappa shape index (κ3) is 5.02. The Morgan fingerprint density at radius 2 is 2.03 bits per heavy atom. The molecule has 0 saturated carbocycles. The van der Waals surface area contributed by atoms with Crippen molar-refractivity contribution >= 4 is 40.0 Å². The number of aryl methyl sites for hydroxylation is 1. The van der Waals surface area contributed by atoms with E-state index < -0.39 is 0 Å². The Morgan fingerprint density at radius 1 is 1.11 bits per heavy atom. The molecule has 10 nitrogen and oxygen atoms in total. The second-order valence-corrected chi connectivity index (χ2v) is 7.88. The minimum Gasteiger partial charge on any atom is -0.439 e. The smallest absolute Gasteiger partial charge is 0.243 e. The topological polar surface area (TPSA) is 119 Å². The highest BCUT2D eigenvalue weighted by molar-refractivity contribution is 5.92. The average molecular weight is 479 g/mol. The summed E-state index contributed by atoms with van der Waals surface area (Å²) in [5.41, 5.74) is 4.21. The highest BCUT2D eigenvalue weighted by Gasteiger charge is 2.09. The Hall–Kier alpha value is -5.12. The third-order valence-corrected chi connectivity index (χ3v) is 5.36. The van der Waals surface area contributed by atoms with Crippen molar-refractivity contribution in [1.29, 1.82) is 0 Å². The summed E-state index contributed by atoms with van der Waals surface area (Å²) in [6.07, 6.45) is 9.77. The predicted octanol–water partition coefficient (Wildman–Crippen LogP) is 4.23. The number of nitrogens with zero attached hydrogens (tertiary/aromatic N) is 6. The summed E-state index contributed by atoms with van der Waals surface area (Å²) in [5, 5.41) is 14.8. The number of hydrogen-bond donors (Lipinski definition) is 2. The van der Waals surface area contributed by atoms with E-state index in [1.165, 1.54) is 12.4 Å². The van der Waals surface area contributed by atoms with E-state index in [1.54, 1.807) is 23.1 Å². The van der Waals surface area contributed by atoms with Crippen LogP contribution in [0.2, 0.25) is 0 Å². The predicted molar refractivity (Wildman–Crippen MR) is 137 cm³/mol. The molecule has 0 atom stereocenters. The van der Waals surface area contributed by atoms with Crippen molar-refractivity contribution in [3.8, 4) is 11.6 Å². The lowest BCUT2D eigenvalue weighted by Gasteiger charge is -2.12. The molecule has 10 heteroatoms. The number of nitrogens with one attached hydrogen (secondary N) is 2. The van der Waals surface area contributed by atoms with Crippen LogP contribution in [0, 0.1) is 6.92 Å². The fourth-order valence-corrected chi connectivity index (χ4v) is 3.56. The second-order valence-electron chi connectivity index (χ2n) is 7.88. The van der Waals surface area contributed by atoms with Gasteiger partial charge in [0.25, 0.3) is 0 Å². The third-order valence-electron chi connectivity index (χ3n) is 5.36. The fraction of sp³-hybridized carbons (Fsp3) is 0.0769. The van der Waals surface area contributed by atoms with Crippen LogP contribution < -0.4 is 15.4 Å². The van der Waals surface area contributed by atoms with Gasteiger partial charge in [0.15, 0.2) is 5.65 Å². The molecule has 0 fully saturated rings. The molecule has 178 valence electrons. The van der Waals surface area contributed by atoms with Gasteiger partial charge in [0.2, 0.25) is 11.8 Å². The lowest BCUT2D eigenvalue weighted by molar-refractivity contribution is -0.116. The molecule has 0 aliphatic carbocycles. The van der Waals surface area contributed by atoms with Crippen LogP contribution in [0.15, 0.2) is 80.2 Å². The Balaban J connectivity index is 1.34. The maximum atomic E-state index is 11.3. The lowest BCUT2D eigenvalue weighted by Crippen LogP contribution is -2.20. The second kappa shape index (κ2) is 10.0. The molecule has 3 heterocycles. The zero-order valence-corrected chi connectivity index (χ0v) is 19.4. The average Bonchev–Trinajstić information content (AvgIpc) is 3.36. The summed E-state index contributed by atoms with van der Waals surface area (Å²) in [4.78, 5) is 24.4. The summed E-state index contributed by atoms with van der Waals surface area (Å²) >= 11 is 0. The molecule has 0 bridgehead atoms. The molecule has 5 rings (SSSR count). The SMILES string of the molecule is C=CC(=O)NCC=Cc1ccc2ncnc(Nc3ccc(Oc4cc5nncn5cn4)c(C)c3)c2c1. The van der Waals surface area contributed by atoms with Gasteiger partial charge in [-0.2, -0.15) is 0 Å². The maximum absolute atomic E-state index is 11.3. The van der Waals surface area contributed by atoms with Crippen LogP contribution in [-0.2, 0) is 4.79 Å². The van der Waals surface area contributed by atoms with Crippen molar-refractivity contribution in [3.63, 3.8) is 0 Å². The van der Waals surface area contributed by atoms with Crippen molar-refractivity contribution in [2.75, 3.05) is 11.9 Å². The number of hydrogen-bond acceptors (Lipinski definition) is 8. The van der Waals surface area contributed by atoms with Gasteiger partial charge >= 0.3 is 0 Å². The highest BCUT2D eigenvalue weighted by atomic mass is 16.5. The Labute approximate surface area is 206 Å². The van der Waals surface area contributed by atoms with Crippen LogP contribution in [0.3, 0.4) is 0 Å². The van der Waals surface area contributed by atoms with Crippen LogP contribution in [0.5, 0.6) is 11.6 Å². The minimum atomic E-state index is -0.211. The van der Waals surface area contributed by atoms with Crippen LogP contribution in [-0.4, -0.2) is 42.0 Å². The van der Waals surface area contributed by atoms with Gasteiger partial charge in [-0.1, -0.05) is 24.8 Å². The van der Waals surface area contributed by atoms with E-state index in [4.69, 9.17) is 4.74 Å². The largest absolute Gasteiger partial charge is 0.439 e. The van der Waals surface area contributed by atoms with Crippen LogP contribution in [0.4, 0.5) is 11.5 Å². The molecule has 2 N–H and O–H groups in total. The van der Waals surface area contributed by atoms with Crippen molar-refractivity contribution < 1.29 is 9.53 Å². The zero-order valence-electron chi connectivity index (χ0n) is 19.4. The van der Waals surface area contributed by atoms with Crippen LogP contribution in [0.1, 0.15) is 11.1 Å². The molecule has 0 spiro atoms. The molecular weight excluding hydrogens is 456 g/mol. The standard InChI is InChI=1S/C26H22N8O2/c1-3-24(35)27-10-4-5-18-6-8-21-20(12-18)26(29-14-28-21)32-19-7-9-22(17(2)11-19)36-25-13-23-33-31-16-34(23)15-30-25/h3-9,11-16H,1,10H2,2H3,(H,27,35)(H,28,29,32). The number of amides is 1. The first-order valence-corrected chi connectivity index (χ1v) is 11.1. The van der Waals surface area contributed by atoms with Crippen LogP contribution >= 0.6 is 0 Å². The van der Waals surface area contributed by atoms with E-state index in [9.17, 15) is 4.79 Å². The van der Waals surface area contributed by atoms with Gasteiger partial charge in [0, 0.05) is 23.7 Å². The molecule has 0 radical (unpaired) electrons. The number of anilines is 2. The number of carbonyl (C=O) groups excluding carboxylic acids is 1. The molecular formula is C26H22N8O2. The van der Waals surface area contributed by atoms with E-state index in [0.29, 0.717) is 29.6 Å². The quantitative estimate of drug-likeness (QED) is 0.318. The minimum absolute atomic E-state index is 0.211. The number of ether oxygens (including phenoxy) is 1. The summed E-state index contributed by atoms with van der Waals surface area (Å²) < 4.78 is 7.67. The van der Waals surface area contributed by atoms with Crippen molar-refractivity contribution in [3.05, 3.63) is 91.3 Å². The van der Waals surface area contributed by atoms with E-state index in [0.717, 1.165) is 27.7 Å². The normalized spacial score (nSPS) is 11.1. The first-order chi connectivity index (χ1) is 17.6. The summed E-state index contributed by atoms with van der Waals surface area (Å²) in [5.74, 6) is 1.59. The van der Waals surface area contributed by atoms with Crippen molar-refractivity contribution in [2.24, 2.45) is 0 Å². The van der Waals surface area contributed by atoms with Gasteiger partial charge in [0.05, 0.1) is 5.52 Å². The first-order valence-electron chi connectivity index (χ1n) is 11.1. The summed E-state index contributed by atoms with van der Waals surface area (Å²) in [6, 6.07) is 13.4. The number of aromatic nitrogens is 6. The number of carbonyl (C=O) groups is 1. The first kappa shape index (κ1) is 22.7. The molecule has 2 aromatic carbocycles.